The lowest BCUT2D eigenvalue weighted by Crippen LogP contribution is -2.14. The Morgan fingerprint density at radius 1 is 1.04 bits per heavy atom. The molecule has 6 nitrogen and oxygen atoms in total. The highest BCUT2D eigenvalue weighted by atomic mass is 32.2. The molecule has 0 aliphatic carbocycles. The average Bonchev–Trinajstić information content (AvgIpc) is 2.95. The minimum Gasteiger partial charge on any atom is -0.497 e. The summed E-state index contributed by atoms with van der Waals surface area (Å²) < 4.78 is 34.3. The van der Waals surface area contributed by atoms with Gasteiger partial charge in [-0.2, -0.15) is 5.10 Å². The summed E-state index contributed by atoms with van der Waals surface area (Å²) in [7, 11) is -0.355. The number of nitrogens with zero attached hydrogens (tertiary/aromatic N) is 2. The first-order valence-electron chi connectivity index (χ1n) is 7.25. The van der Waals surface area contributed by atoms with E-state index < -0.39 is 10.0 Å². The van der Waals surface area contributed by atoms with Gasteiger partial charge in [-0.3, -0.25) is 9.40 Å². The molecule has 1 aromatic heterocycles. The minimum atomic E-state index is -3.69. The second kappa shape index (κ2) is 6.37. The van der Waals surface area contributed by atoms with E-state index in [-0.39, 0.29) is 10.7 Å². The molecule has 3 rings (SSSR count). The van der Waals surface area contributed by atoms with Crippen molar-refractivity contribution in [3.05, 3.63) is 60.8 Å². The number of benzene rings is 2. The molecule has 0 atom stereocenters. The molecule has 0 saturated carbocycles. The number of aryl methyl sites for hydroxylation is 1. The lowest BCUT2D eigenvalue weighted by atomic mass is 10.1. The molecule has 3 aromatic rings. The van der Waals surface area contributed by atoms with Crippen molar-refractivity contribution in [1.29, 1.82) is 0 Å². The van der Waals surface area contributed by atoms with E-state index >= 15 is 0 Å². The third kappa shape index (κ3) is 3.26. The van der Waals surface area contributed by atoms with Crippen LogP contribution in [0.15, 0.2) is 65.7 Å². The van der Waals surface area contributed by atoms with E-state index in [1.807, 2.05) is 24.3 Å². The molecule has 0 spiro atoms. The number of aromatic nitrogens is 2. The summed E-state index contributed by atoms with van der Waals surface area (Å²) in [4.78, 5) is 0.191. The van der Waals surface area contributed by atoms with E-state index in [0.717, 1.165) is 11.3 Å². The van der Waals surface area contributed by atoms with Crippen molar-refractivity contribution in [3.63, 3.8) is 0 Å². The van der Waals surface area contributed by atoms with Gasteiger partial charge in [0.05, 0.1) is 12.0 Å². The van der Waals surface area contributed by atoms with Gasteiger partial charge in [-0.15, -0.1) is 0 Å². The number of hydrogen-bond acceptors (Lipinski definition) is 4. The molecule has 7 heteroatoms. The summed E-state index contributed by atoms with van der Waals surface area (Å²) in [6, 6.07) is 15.6. The van der Waals surface area contributed by atoms with Gasteiger partial charge in [-0.05, 0) is 29.8 Å². The van der Waals surface area contributed by atoms with Crippen LogP contribution < -0.4 is 9.46 Å². The molecule has 0 amide bonds. The fraction of sp³-hybridized carbons (Fsp3) is 0.118. The highest BCUT2D eigenvalue weighted by Gasteiger charge is 2.19. The van der Waals surface area contributed by atoms with Gasteiger partial charge in [-0.1, -0.05) is 30.3 Å². The second-order valence-electron chi connectivity index (χ2n) is 5.21. The molecule has 0 aliphatic rings. The van der Waals surface area contributed by atoms with E-state index in [1.165, 1.54) is 0 Å². The van der Waals surface area contributed by atoms with Gasteiger partial charge < -0.3 is 4.74 Å². The average molecular weight is 343 g/mol. The fourth-order valence-electron chi connectivity index (χ4n) is 2.33. The van der Waals surface area contributed by atoms with Crippen molar-refractivity contribution in [2.45, 2.75) is 4.90 Å². The van der Waals surface area contributed by atoms with Crippen LogP contribution in [-0.2, 0) is 17.1 Å². The Labute approximate surface area is 140 Å². The normalized spacial score (nSPS) is 11.2. The maximum atomic E-state index is 12.5. The highest BCUT2D eigenvalue weighted by molar-refractivity contribution is 7.92. The molecule has 0 saturated heterocycles. The lowest BCUT2D eigenvalue weighted by Gasteiger charge is -2.08. The number of methoxy groups -OCH3 is 1. The van der Waals surface area contributed by atoms with Gasteiger partial charge in [-0.25, -0.2) is 8.42 Å². The highest BCUT2D eigenvalue weighted by Crippen LogP contribution is 2.29. The van der Waals surface area contributed by atoms with Gasteiger partial charge in [0.15, 0.2) is 5.82 Å². The van der Waals surface area contributed by atoms with Crippen molar-refractivity contribution in [2.24, 2.45) is 7.05 Å². The van der Waals surface area contributed by atoms with Crippen LogP contribution in [0.1, 0.15) is 0 Å². The van der Waals surface area contributed by atoms with Gasteiger partial charge in [0, 0.05) is 18.8 Å². The molecule has 1 N–H and O–H groups in total. The zero-order chi connectivity index (χ0) is 17.2. The number of ether oxygens (including phenoxy) is 1. The van der Waals surface area contributed by atoms with Crippen LogP contribution >= 0.6 is 0 Å². The first-order valence-corrected chi connectivity index (χ1v) is 8.74. The predicted octanol–water partition coefficient (Wildman–Crippen LogP) is 2.90. The molecule has 0 aliphatic heterocycles. The molecule has 0 unspecified atom stereocenters. The summed E-state index contributed by atoms with van der Waals surface area (Å²) >= 11 is 0. The van der Waals surface area contributed by atoms with E-state index in [1.54, 1.807) is 55.4 Å². The van der Waals surface area contributed by atoms with Crippen LogP contribution in [0.3, 0.4) is 0 Å². The Morgan fingerprint density at radius 2 is 1.71 bits per heavy atom. The van der Waals surface area contributed by atoms with Crippen molar-refractivity contribution >= 4 is 15.8 Å². The van der Waals surface area contributed by atoms with Crippen LogP contribution in [0.2, 0.25) is 0 Å². The summed E-state index contributed by atoms with van der Waals surface area (Å²) in [6.45, 7) is 0. The second-order valence-corrected chi connectivity index (χ2v) is 6.89. The van der Waals surface area contributed by atoms with Crippen LogP contribution in [0.5, 0.6) is 5.75 Å². The molecular formula is C17H17N3O3S. The third-order valence-electron chi connectivity index (χ3n) is 3.51. The largest absolute Gasteiger partial charge is 0.497 e. The number of rotatable bonds is 5. The summed E-state index contributed by atoms with van der Waals surface area (Å²) in [5.74, 6) is 1.01. The fourth-order valence-corrected chi connectivity index (χ4v) is 3.37. The summed E-state index contributed by atoms with van der Waals surface area (Å²) in [5, 5.41) is 4.24. The molecule has 0 radical (unpaired) electrons. The zero-order valence-electron chi connectivity index (χ0n) is 13.3. The van der Waals surface area contributed by atoms with E-state index in [2.05, 4.69) is 9.82 Å². The molecule has 2 aromatic carbocycles. The molecule has 24 heavy (non-hydrogen) atoms. The smallest absolute Gasteiger partial charge is 0.263 e. The van der Waals surface area contributed by atoms with Crippen molar-refractivity contribution in [3.8, 4) is 16.9 Å². The predicted molar refractivity (Wildman–Crippen MR) is 92.4 cm³/mol. The number of nitrogens with one attached hydrogen (secondary N) is 1. The van der Waals surface area contributed by atoms with Crippen molar-refractivity contribution in [2.75, 3.05) is 11.8 Å². The first kappa shape index (κ1) is 16.1. The van der Waals surface area contributed by atoms with E-state index in [0.29, 0.717) is 5.56 Å². The maximum absolute atomic E-state index is 12.5. The first-order chi connectivity index (χ1) is 11.5. The lowest BCUT2D eigenvalue weighted by molar-refractivity contribution is 0.415. The van der Waals surface area contributed by atoms with E-state index in [4.69, 9.17) is 4.74 Å². The quantitative estimate of drug-likeness (QED) is 0.773. The third-order valence-corrected chi connectivity index (χ3v) is 4.87. The number of sulfonamides is 1. The number of hydrogen-bond donors (Lipinski definition) is 1. The monoisotopic (exact) mass is 343 g/mol. The van der Waals surface area contributed by atoms with Gasteiger partial charge in [0.1, 0.15) is 5.75 Å². The molecule has 124 valence electrons. The SMILES string of the molecule is COc1ccc(-c2cn(C)nc2NS(=O)(=O)c2ccccc2)cc1. The van der Waals surface area contributed by atoms with Crippen LogP contribution in [0.4, 0.5) is 5.82 Å². The van der Waals surface area contributed by atoms with Crippen molar-refractivity contribution in [1.82, 2.24) is 9.78 Å². The zero-order valence-corrected chi connectivity index (χ0v) is 14.1. The Bertz CT molecular complexity index is 933. The Balaban J connectivity index is 1.97. The topological polar surface area (TPSA) is 73.2 Å². The Hall–Kier alpha value is -2.80. The van der Waals surface area contributed by atoms with Crippen LogP contribution in [-0.4, -0.2) is 25.3 Å². The van der Waals surface area contributed by atoms with E-state index in [9.17, 15) is 8.42 Å². The summed E-state index contributed by atoms with van der Waals surface area (Å²) in [5.41, 5.74) is 1.54. The molecule has 1 heterocycles. The van der Waals surface area contributed by atoms with Gasteiger partial charge in [0.2, 0.25) is 0 Å². The molecule has 0 fully saturated rings. The van der Waals surface area contributed by atoms with Crippen molar-refractivity contribution < 1.29 is 13.2 Å². The summed E-state index contributed by atoms with van der Waals surface area (Å²) in [6.07, 6.45) is 1.77. The van der Waals surface area contributed by atoms with Gasteiger partial charge in [0.25, 0.3) is 10.0 Å². The van der Waals surface area contributed by atoms with Crippen LogP contribution in [0.25, 0.3) is 11.1 Å². The number of anilines is 1. The maximum Gasteiger partial charge on any atom is 0.263 e. The Morgan fingerprint density at radius 3 is 2.33 bits per heavy atom. The molecule has 0 bridgehead atoms. The Kier molecular flexibility index (Phi) is 4.26. The standard InChI is InChI=1S/C17H17N3O3S/c1-20-12-16(13-8-10-14(23-2)11-9-13)17(18-20)19-24(21,22)15-6-4-3-5-7-15/h3-12H,1-2H3,(H,18,19). The molecular weight excluding hydrogens is 326 g/mol. The minimum absolute atomic E-state index is 0.191. The van der Waals surface area contributed by atoms with Crippen LogP contribution in [0, 0.1) is 0 Å². The van der Waals surface area contributed by atoms with Gasteiger partial charge >= 0.3 is 0 Å².